The van der Waals surface area contributed by atoms with E-state index in [0.29, 0.717) is 0 Å². The van der Waals surface area contributed by atoms with Crippen molar-refractivity contribution in [2.24, 2.45) is 0 Å². The molecule has 0 amide bonds. The lowest BCUT2D eigenvalue weighted by Gasteiger charge is -2.20. The Labute approximate surface area is 172 Å². The van der Waals surface area contributed by atoms with Gasteiger partial charge in [0.25, 0.3) is 5.56 Å². The number of rotatable bonds is 8. The predicted octanol–water partition coefficient (Wildman–Crippen LogP) is -1.20. The number of nitrogens with zero attached hydrogens (tertiary/aromatic N) is 3. The second-order valence-corrected chi connectivity index (χ2v) is 12.1. The molecule has 0 bridgehead atoms. The predicted molar refractivity (Wildman–Crippen MR) is 101 cm³/mol. The summed E-state index contributed by atoms with van der Waals surface area (Å²) in [4.78, 5) is 58.1. The summed E-state index contributed by atoms with van der Waals surface area (Å²) in [6.45, 7) is -0.718. The highest BCUT2D eigenvalue weighted by Gasteiger charge is 2.41. The topological polar surface area (TPSA) is 270 Å². The number of aliphatic hydroxyl groups excluding tert-OH is 1. The van der Waals surface area contributed by atoms with E-state index >= 15 is 0 Å². The molecular weight excluding hydrogens is 487 g/mol. The van der Waals surface area contributed by atoms with Gasteiger partial charge >= 0.3 is 23.0 Å². The molecule has 1 saturated heterocycles. The minimum absolute atomic E-state index is 0.0318. The van der Waals surface area contributed by atoms with E-state index in [2.05, 4.69) is 23.8 Å². The molecule has 5 unspecified atom stereocenters. The van der Waals surface area contributed by atoms with Gasteiger partial charge in [0.15, 0.2) is 17.1 Å². The van der Waals surface area contributed by atoms with E-state index in [1.807, 2.05) is 0 Å². The Morgan fingerprint density at radius 3 is 2.58 bits per heavy atom. The number of aromatic amines is 1. The molecule has 0 spiro atoms. The summed E-state index contributed by atoms with van der Waals surface area (Å²) in [5.74, 6) is -1.78. The summed E-state index contributed by atoms with van der Waals surface area (Å²) in [5.41, 5.74) is 4.96. The maximum absolute atomic E-state index is 12.0. The van der Waals surface area contributed by atoms with Crippen LogP contribution in [0.3, 0.4) is 0 Å². The van der Waals surface area contributed by atoms with Crippen LogP contribution in [0.25, 0.3) is 11.2 Å². The lowest BCUT2D eigenvalue weighted by molar-refractivity contribution is -0.0395. The van der Waals surface area contributed by atoms with Crippen LogP contribution < -0.4 is 11.3 Å². The smallest absolute Gasteiger partial charge is 0.390 e. The van der Waals surface area contributed by atoms with E-state index in [1.165, 1.54) is 10.9 Å². The van der Waals surface area contributed by atoms with Gasteiger partial charge < -0.3 is 39.7 Å². The molecule has 1 aliphatic rings. The summed E-state index contributed by atoms with van der Waals surface area (Å²) >= 11 is 0. The van der Waals surface area contributed by atoms with E-state index in [-0.39, 0.29) is 23.5 Å². The number of imidazole rings is 1. The molecule has 2 aromatic rings. The van der Waals surface area contributed by atoms with Crippen LogP contribution in [0.1, 0.15) is 12.6 Å². The summed E-state index contributed by atoms with van der Waals surface area (Å²) in [5, 5.41) is 10.2. The fourth-order valence-corrected chi connectivity index (χ4v) is 7.35. The molecule has 0 saturated carbocycles. The fourth-order valence-electron chi connectivity index (χ4n) is 2.84. The van der Waals surface area contributed by atoms with Crippen LogP contribution in [0.15, 0.2) is 11.1 Å². The maximum Gasteiger partial charge on any atom is 0.476 e. The second kappa shape index (κ2) is 8.46. The normalized spacial score (nSPS) is 26.0. The first-order valence-electron chi connectivity index (χ1n) is 8.27. The number of nitrogens with one attached hydrogen (secondary N) is 1. The fraction of sp³-hybridized carbons (Fsp3) is 0.545. The van der Waals surface area contributed by atoms with Crippen molar-refractivity contribution >= 4 is 40.1 Å². The standard InChI is InChI=1S/C11H18N5O12P3/c12-11-14-9-8(10(18)15-11)13-3-16(9)7-1-5(17)6(27-7)2-26-29(19,20)4-30(21,22)28-31(23,24)25/h3,5-7,17H,1-2,4H2,(H,19,20)(H,21,22)(H2,23,24,25)(H3,12,14,15,18). The van der Waals surface area contributed by atoms with Gasteiger partial charge in [-0.1, -0.05) is 0 Å². The van der Waals surface area contributed by atoms with Crippen molar-refractivity contribution in [3.63, 3.8) is 0 Å². The summed E-state index contributed by atoms with van der Waals surface area (Å²) in [6, 6.07) is 0. The number of anilines is 1. The van der Waals surface area contributed by atoms with Gasteiger partial charge in [-0.2, -0.15) is 4.98 Å². The molecule has 0 radical (unpaired) electrons. The van der Waals surface area contributed by atoms with Crippen molar-refractivity contribution in [3.8, 4) is 0 Å². The lowest BCUT2D eigenvalue weighted by atomic mass is 10.2. The first-order chi connectivity index (χ1) is 14.2. The monoisotopic (exact) mass is 505 g/mol. The van der Waals surface area contributed by atoms with Gasteiger partial charge in [0.1, 0.15) is 12.3 Å². The Morgan fingerprint density at radius 2 is 1.94 bits per heavy atom. The molecule has 1 aliphatic heterocycles. The van der Waals surface area contributed by atoms with Gasteiger partial charge in [-0.15, -0.1) is 0 Å². The summed E-state index contributed by atoms with van der Waals surface area (Å²) in [6.07, 6.45) is -2.12. The number of nitrogen functional groups attached to an aromatic ring is 1. The average Bonchev–Trinajstić information content (AvgIpc) is 3.13. The number of phosphoric acid groups is 1. The van der Waals surface area contributed by atoms with Crippen LogP contribution in [0, 0.1) is 0 Å². The van der Waals surface area contributed by atoms with Crippen LogP contribution in [0.2, 0.25) is 0 Å². The van der Waals surface area contributed by atoms with Crippen molar-refractivity contribution in [2.75, 3.05) is 18.2 Å². The Kier molecular flexibility index (Phi) is 6.60. The summed E-state index contributed by atoms with van der Waals surface area (Å²) in [7, 11) is -15.4. The van der Waals surface area contributed by atoms with Gasteiger partial charge in [0, 0.05) is 6.42 Å². The quantitative estimate of drug-likeness (QED) is 0.208. The van der Waals surface area contributed by atoms with Crippen molar-refractivity contribution in [1.29, 1.82) is 0 Å². The molecule has 1 fully saturated rings. The molecule has 0 aliphatic carbocycles. The Hall–Kier alpha value is -1.48. The van der Waals surface area contributed by atoms with E-state index in [9.17, 15) is 33.4 Å². The van der Waals surface area contributed by atoms with Crippen LogP contribution in [-0.2, 0) is 27.3 Å². The van der Waals surface area contributed by atoms with E-state index in [0.717, 1.165) is 0 Å². The molecule has 0 aromatic carbocycles. The van der Waals surface area contributed by atoms with Crippen molar-refractivity contribution in [2.45, 2.75) is 24.9 Å². The lowest BCUT2D eigenvalue weighted by Crippen LogP contribution is -2.26. The number of aliphatic hydroxyl groups is 1. The first kappa shape index (κ1) is 24.2. The largest absolute Gasteiger partial charge is 0.476 e. The van der Waals surface area contributed by atoms with Crippen LogP contribution in [-0.4, -0.2) is 68.9 Å². The number of ether oxygens (including phenoxy) is 1. The van der Waals surface area contributed by atoms with Gasteiger partial charge in [0.05, 0.1) is 19.0 Å². The molecule has 174 valence electrons. The number of hydrogen-bond donors (Lipinski definition) is 7. The van der Waals surface area contributed by atoms with Gasteiger partial charge in [-0.25, -0.2) is 13.9 Å². The van der Waals surface area contributed by atoms with Crippen LogP contribution in [0.4, 0.5) is 5.95 Å². The first-order valence-corrected chi connectivity index (χ1v) is 13.3. The van der Waals surface area contributed by atoms with Gasteiger partial charge in [0.2, 0.25) is 5.95 Å². The average molecular weight is 505 g/mol. The highest BCUT2D eigenvalue weighted by molar-refractivity contribution is 7.74. The minimum atomic E-state index is -5.40. The molecule has 17 nitrogen and oxygen atoms in total. The SMILES string of the molecule is Nc1nc2c(ncn2C2CC(O)C(COP(=O)(O)CP(=O)(O)OP(=O)(O)O)O2)c(=O)[nH]1. The molecule has 5 atom stereocenters. The number of H-pyrrole nitrogens is 1. The molecular formula is C11H18N5O12P3. The highest BCUT2D eigenvalue weighted by Crippen LogP contribution is 2.64. The molecule has 8 N–H and O–H groups in total. The second-order valence-electron chi connectivity index (χ2n) is 6.49. The molecule has 31 heavy (non-hydrogen) atoms. The van der Waals surface area contributed by atoms with Gasteiger partial charge in [-0.3, -0.25) is 23.5 Å². The van der Waals surface area contributed by atoms with E-state index in [1.54, 1.807) is 0 Å². The molecule has 3 heterocycles. The number of fused-ring (bicyclic) bond motifs is 1. The third-order valence-corrected chi connectivity index (χ3v) is 9.28. The third-order valence-electron chi connectivity index (χ3n) is 4.00. The van der Waals surface area contributed by atoms with Crippen molar-refractivity contribution < 1.29 is 51.9 Å². The van der Waals surface area contributed by atoms with E-state index < -0.39 is 59.5 Å². The summed E-state index contributed by atoms with van der Waals surface area (Å²) < 4.78 is 49.4. The molecule has 20 heteroatoms. The van der Waals surface area contributed by atoms with Gasteiger partial charge in [-0.05, 0) is 0 Å². The third kappa shape index (κ3) is 6.06. The Bertz CT molecular complexity index is 1170. The zero-order chi connectivity index (χ0) is 23.2. The Balaban J connectivity index is 1.67. The zero-order valence-electron chi connectivity index (χ0n) is 15.3. The number of nitrogens with two attached hydrogens (primary N) is 1. The van der Waals surface area contributed by atoms with Crippen LogP contribution >= 0.6 is 23.0 Å². The number of hydrogen-bond acceptors (Lipinski definition) is 11. The van der Waals surface area contributed by atoms with Crippen molar-refractivity contribution in [1.82, 2.24) is 19.5 Å². The van der Waals surface area contributed by atoms with Crippen LogP contribution in [0.5, 0.6) is 0 Å². The zero-order valence-corrected chi connectivity index (χ0v) is 18.0. The highest BCUT2D eigenvalue weighted by atomic mass is 31.3. The van der Waals surface area contributed by atoms with Crippen molar-refractivity contribution in [3.05, 3.63) is 16.7 Å². The Morgan fingerprint density at radius 1 is 1.26 bits per heavy atom. The van der Waals surface area contributed by atoms with E-state index in [4.69, 9.17) is 20.3 Å². The minimum Gasteiger partial charge on any atom is -0.390 e. The number of aromatic nitrogens is 4. The molecule has 2 aromatic heterocycles. The maximum atomic E-state index is 12.0. The molecule has 3 rings (SSSR count).